The molecule has 0 bridgehead atoms. The molecule has 2 aliphatic rings. The molecule has 4 atom stereocenters. The van der Waals surface area contributed by atoms with E-state index in [9.17, 15) is 0 Å². The van der Waals surface area contributed by atoms with Crippen LogP contribution in [0.5, 0.6) is 0 Å². The molecular weight excluding hydrogens is 112 g/mol. The summed E-state index contributed by atoms with van der Waals surface area (Å²) in [4.78, 5) is 0. The van der Waals surface area contributed by atoms with E-state index in [-0.39, 0.29) is 0 Å². The zero-order valence-corrected chi connectivity index (χ0v) is 6.33. The molecule has 9 heavy (non-hydrogen) atoms. The van der Waals surface area contributed by atoms with Gasteiger partial charge in [0.25, 0.3) is 0 Å². The lowest BCUT2D eigenvalue weighted by atomic mass is 10.1. The standard InChI is InChI=1S/C7H14N2/c1-5-4-6(2)9-7(3)8(5)9/h5-7H,4H2,1-3H3. The Balaban J connectivity index is 2.10. The highest BCUT2D eigenvalue weighted by Crippen LogP contribution is 2.40. The van der Waals surface area contributed by atoms with Gasteiger partial charge in [-0.1, -0.05) is 0 Å². The zero-order chi connectivity index (χ0) is 6.59. The van der Waals surface area contributed by atoms with Gasteiger partial charge in [0, 0.05) is 12.1 Å². The van der Waals surface area contributed by atoms with Gasteiger partial charge in [0.2, 0.25) is 0 Å². The molecule has 2 nitrogen and oxygen atoms in total. The van der Waals surface area contributed by atoms with Crippen molar-refractivity contribution in [1.29, 1.82) is 0 Å². The molecule has 0 aromatic rings. The fourth-order valence-electron chi connectivity index (χ4n) is 2.20. The molecule has 52 valence electrons. The second-order valence-corrected chi connectivity index (χ2v) is 3.33. The highest BCUT2D eigenvalue weighted by atomic mass is 15.9. The van der Waals surface area contributed by atoms with Gasteiger partial charge < -0.3 is 0 Å². The van der Waals surface area contributed by atoms with Crippen molar-refractivity contribution in [2.75, 3.05) is 0 Å². The molecule has 0 aromatic heterocycles. The first-order valence-corrected chi connectivity index (χ1v) is 3.78. The Kier molecular flexibility index (Phi) is 0.945. The molecule has 0 aromatic carbocycles. The summed E-state index contributed by atoms with van der Waals surface area (Å²) in [6.45, 7) is 6.88. The molecule has 0 amide bonds. The fraction of sp³-hybridized carbons (Fsp3) is 1.00. The van der Waals surface area contributed by atoms with E-state index in [0.717, 1.165) is 18.2 Å². The van der Waals surface area contributed by atoms with Crippen molar-refractivity contribution in [3.8, 4) is 0 Å². The highest BCUT2D eigenvalue weighted by Gasteiger charge is 2.52. The van der Waals surface area contributed by atoms with Crippen molar-refractivity contribution in [2.24, 2.45) is 0 Å². The third kappa shape index (κ3) is 0.578. The van der Waals surface area contributed by atoms with Gasteiger partial charge >= 0.3 is 0 Å². The average Bonchev–Trinajstić information content (AvgIpc) is 2.30. The summed E-state index contributed by atoms with van der Waals surface area (Å²) in [7, 11) is 0. The van der Waals surface area contributed by atoms with E-state index < -0.39 is 0 Å². The predicted octanol–water partition coefficient (Wildman–Crippen LogP) is 1.05. The minimum absolute atomic E-state index is 0.740. The van der Waals surface area contributed by atoms with Crippen LogP contribution >= 0.6 is 0 Å². The third-order valence-electron chi connectivity index (χ3n) is 2.56. The molecule has 0 radical (unpaired) electrons. The number of hydrogen-bond donors (Lipinski definition) is 0. The number of fused-ring (bicyclic) bond motifs is 1. The van der Waals surface area contributed by atoms with Crippen LogP contribution in [0, 0.1) is 0 Å². The quantitative estimate of drug-likeness (QED) is 0.447. The minimum Gasteiger partial charge on any atom is -0.219 e. The Hall–Kier alpha value is -0.0800. The van der Waals surface area contributed by atoms with Crippen molar-refractivity contribution >= 4 is 0 Å². The Morgan fingerprint density at radius 2 is 1.44 bits per heavy atom. The Morgan fingerprint density at radius 3 is 1.67 bits per heavy atom. The van der Waals surface area contributed by atoms with E-state index in [4.69, 9.17) is 0 Å². The normalized spacial score (nSPS) is 63.7. The molecular formula is C7H14N2. The molecule has 2 heteroatoms. The first-order chi connectivity index (χ1) is 4.22. The van der Waals surface area contributed by atoms with Crippen LogP contribution < -0.4 is 0 Å². The molecule has 2 fully saturated rings. The molecule has 0 N–H and O–H groups in total. The SMILES string of the molecule is CC1CC(C)N2C(C)N12. The molecule has 0 aliphatic carbocycles. The van der Waals surface area contributed by atoms with Crippen molar-refractivity contribution in [1.82, 2.24) is 10.0 Å². The van der Waals surface area contributed by atoms with Gasteiger partial charge in [-0.2, -0.15) is 0 Å². The van der Waals surface area contributed by atoms with Crippen LogP contribution in [0.2, 0.25) is 0 Å². The maximum atomic E-state index is 2.46. The maximum Gasteiger partial charge on any atom is 0.0872 e. The summed E-state index contributed by atoms with van der Waals surface area (Å²) in [6, 6.07) is 1.60. The van der Waals surface area contributed by atoms with Gasteiger partial charge in [-0.15, -0.1) is 0 Å². The Labute approximate surface area is 56.4 Å². The third-order valence-corrected chi connectivity index (χ3v) is 2.56. The van der Waals surface area contributed by atoms with Crippen molar-refractivity contribution in [3.63, 3.8) is 0 Å². The fourth-order valence-corrected chi connectivity index (χ4v) is 2.20. The van der Waals surface area contributed by atoms with Gasteiger partial charge in [0.1, 0.15) is 0 Å². The topological polar surface area (TPSA) is 6.02 Å². The summed E-state index contributed by atoms with van der Waals surface area (Å²) >= 11 is 0. The van der Waals surface area contributed by atoms with E-state index in [2.05, 4.69) is 30.8 Å². The van der Waals surface area contributed by atoms with E-state index in [0.29, 0.717) is 0 Å². The summed E-state index contributed by atoms with van der Waals surface area (Å²) < 4.78 is 0. The summed E-state index contributed by atoms with van der Waals surface area (Å²) in [5, 5.41) is 4.93. The van der Waals surface area contributed by atoms with E-state index in [1.54, 1.807) is 0 Å². The molecule has 2 saturated heterocycles. The van der Waals surface area contributed by atoms with E-state index >= 15 is 0 Å². The number of rotatable bonds is 0. The highest BCUT2D eigenvalue weighted by molar-refractivity contribution is 4.95. The number of nitrogens with zero attached hydrogens (tertiary/aromatic N) is 2. The van der Waals surface area contributed by atoms with Gasteiger partial charge in [0.15, 0.2) is 0 Å². The number of hydrogen-bond acceptors (Lipinski definition) is 2. The van der Waals surface area contributed by atoms with Crippen molar-refractivity contribution < 1.29 is 0 Å². The summed E-state index contributed by atoms with van der Waals surface area (Å²) in [6.07, 6.45) is 2.09. The molecule has 2 aliphatic heterocycles. The first kappa shape index (κ1) is 5.69. The lowest BCUT2D eigenvalue weighted by Gasteiger charge is -2.06. The molecule has 4 unspecified atom stereocenters. The second kappa shape index (κ2) is 1.50. The van der Waals surface area contributed by atoms with Gasteiger partial charge in [-0.05, 0) is 27.2 Å². The molecule has 0 saturated carbocycles. The monoisotopic (exact) mass is 126 g/mol. The lowest BCUT2D eigenvalue weighted by Crippen LogP contribution is -2.16. The number of hydrazine groups is 1. The zero-order valence-electron chi connectivity index (χ0n) is 6.33. The van der Waals surface area contributed by atoms with E-state index in [1.165, 1.54) is 6.42 Å². The Bertz CT molecular complexity index is 121. The van der Waals surface area contributed by atoms with Crippen LogP contribution in [-0.2, 0) is 0 Å². The largest absolute Gasteiger partial charge is 0.219 e. The van der Waals surface area contributed by atoms with E-state index in [1.807, 2.05) is 0 Å². The van der Waals surface area contributed by atoms with Gasteiger partial charge in [0.05, 0.1) is 6.17 Å². The second-order valence-electron chi connectivity index (χ2n) is 3.33. The van der Waals surface area contributed by atoms with Crippen LogP contribution in [0.4, 0.5) is 0 Å². The van der Waals surface area contributed by atoms with Crippen LogP contribution in [-0.4, -0.2) is 28.3 Å². The predicted molar refractivity (Wildman–Crippen MR) is 36.7 cm³/mol. The Morgan fingerprint density at radius 1 is 1.00 bits per heavy atom. The minimum atomic E-state index is 0.740. The summed E-state index contributed by atoms with van der Waals surface area (Å²) in [5.74, 6) is 0. The van der Waals surface area contributed by atoms with Crippen molar-refractivity contribution in [3.05, 3.63) is 0 Å². The molecule has 2 rings (SSSR count). The summed E-state index contributed by atoms with van der Waals surface area (Å²) in [5.41, 5.74) is 0. The van der Waals surface area contributed by atoms with Gasteiger partial charge in [-0.3, -0.25) is 0 Å². The van der Waals surface area contributed by atoms with Crippen LogP contribution in [0.25, 0.3) is 0 Å². The molecule has 2 heterocycles. The van der Waals surface area contributed by atoms with Crippen molar-refractivity contribution in [2.45, 2.75) is 45.4 Å². The van der Waals surface area contributed by atoms with Crippen LogP contribution in [0.1, 0.15) is 27.2 Å². The lowest BCUT2D eigenvalue weighted by molar-refractivity contribution is 0.326. The van der Waals surface area contributed by atoms with Gasteiger partial charge in [-0.25, -0.2) is 10.0 Å². The average molecular weight is 126 g/mol. The van der Waals surface area contributed by atoms with Crippen LogP contribution in [0.3, 0.4) is 0 Å². The first-order valence-electron chi connectivity index (χ1n) is 3.78. The smallest absolute Gasteiger partial charge is 0.0872 e. The molecule has 0 spiro atoms. The van der Waals surface area contributed by atoms with Crippen LogP contribution in [0.15, 0.2) is 0 Å². The maximum absolute atomic E-state index is 2.46.